The molecule has 0 bridgehead atoms. The summed E-state index contributed by atoms with van der Waals surface area (Å²) in [6, 6.07) is 6.43. The summed E-state index contributed by atoms with van der Waals surface area (Å²) in [5.74, 6) is -1.07. The monoisotopic (exact) mass is 268 g/mol. The van der Waals surface area contributed by atoms with Crippen LogP contribution in [0.5, 0.6) is 0 Å². The molecule has 0 heterocycles. The zero-order valence-corrected chi connectivity index (χ0v) is 11.0. The summed E-state index contributed by atoms with van der Waals surface area (Å²) in [5.41, 5.74) is 0.544. The van der Waals surface area contributed by atoms with Crippen LogP contribution in [0.1, 0.15) is 41.6 Å². The molecule has 2 rings (SSSR count). The highest BCUT2D eigenvalue weighted by Gasteiger charge is 2.46. The molecule has 0 amide bonds. The Labute approximate surface area is 107 Å². The first-order valence-corrected chi connectivity index (χ1v) is 7.80. The minimum Gasteiger partial charge on any atom is -0.478 e. The van der Waals surface area contributed by atoms with Crippen LogP contribution in [0.25, 0.3) is 0 Å². The smallest absolute Gasteiger partial charge is 0.336 e. The van der Waals surface area contributed by atoms with Crippen molar-refractivity contribution in [2.75, 3.05) is 6.26 Å². The Morgan fingerprint density at radius 2 is 1.78 bits per heavy atom. The van der Waals surface area contributed by atoms with Gasteiger partial charge in [-0.25, -0.2) is 13.2 Å². The number of carboxylic acid groups (broad SMARTS) is 1. The Balaban J connectivity index is 2.69. The van der Waals surface area contributed by atoms with E-state index >= 15 is 0 Å². The highest BCUT2D eigenvalue weighted by atomic mass is 32.2. The molecule has 1 aromatic rings. The first kappa shape index (κ1) is 13.1. The topological polar surface area (TPSA) is 71.4 Å². The van der Waals surface area contributed by atoms with Gasteiger partial charge in [-0.15, -0.1) is 0 Å². The molecule has 0 spiro atoms. The second-order valence-electron chi connectivity index (χ2n) is 4.82. The number of hydrogen-bond acceptors (Lipinski definition) is 3. The summed E-state index contributed by atoms with van der Waals surface area (Å²) < 4.78 is 23.3. The number of sulfone groups is 1. The quantitative estimate of drug-likeness (QED) is 0.912. The van der Waals surface area contributed by atoms with E-state index in [2.05, 4.69) is 0 Å². The van der Waals surface area contributed by atoms with Crippen molar-refractivity contribution in [3.05, 3.63) is 35.4 Å². The first-order chi connectivity index (χ1) is 8.38. The van der Waals surface area contributed by atoms with Gasteiger partial charge in [0.15, 0.2) is 9.84 Å². The van der Waals surface area contributed by atoms with Gasteiger partial charge >= 0.3 is 5.97 Å². The minimum absolute atomic E-state index is 0.102. The molecule has 1 aromatic carbocycles. The van der Waals surface area contributed by atoms with Crippen molar-refractivity contribution in [1.82, 2.24) is 0 Å². The molecule has 98 valence electrons. The predicted octanol–water partition coefficient (Wildman–Crippen LogP) is 2.20. The molecular formula is C13H16O4S. The van der Waals surface area contributed by atoms with Gasteiger partial charge < -0.3 is 5.11 Å². The third-order valence-electron chi connectivity index (χ3n) is 3.77. The van der Waals surface area contributed by atoms with Gasteiger partial charge in [0.25, 0.3) is 0 Å². The average Bonchev–Trinajstić information content (AvgIpc) is 2.78. The van der Waals surface area contributed by atoms with Gasteiger partial charge in [-0.3, -0.25) is 0 Å². The molecule has 1 fully saturated rings. The van der Waals surface area contributed by atoms with E-state index < -0.39 is 20.6 Å². The molecule has 0 radical (unpaired) electrons. The molecule has 0 aliphatic heterocycles. The highest BCUT2D eigenvalue weighted by molar-refractivity contribution is 7.91. The fourth-order valence-electron chi connectivity index (χ4n) is 2.85. The van der Waals surface area contributed by atoms with Gasteiger partial charge in [-0.05, 0) is 24.5 Å². The molecular weight excluding hydrogens is 252 g/mol. The summed E-state index contributed by atoms with van der Waals surface area (Å²) in [6.45, 7) is 0. The molecule has 4 nitrogen and oxygen atoms in total. The largest absolute Gasteiger partial charge is 0.478 e. The van der Waals surface area contributed by atoms with Crippen molar-refractivity contribution in [2.45, 2.75) is 30.4 Å². The number of hydrogen-bond donors (Lipinski definition) is 1. The summed E-state index contributed by atoms with van der Waals surface area (Å²) in [4.78, 5) is 11.3. The fourth-order valence-corrected chi connectivity index (χ4v) is 4.46. The van der Waals surface area contributed by atoms with E-state index in [4.69, 9.17) is 0 Å². The molecule has 1 aliphatic carbocycles. The second-order valence-corrected chi connectivity index (χ2v) is 7.15. The van der Waals surface area contributed by atoms with Crippen LogP contribution >= 0.6 is 0 Å². The fraction of sp³-hybridized carbons (Fsp3) is 0.462. The number of carbonyl (C=O) groups is 1. The van der Waals surface area contributed by atoms with E-state index in [1.165, 1.54) is 12.3 Å². The van der Waals surface area contributed by atoms with Crippen molar-refractivity contribution in [1.29, 1.82) is 0 Å². The molecule has 1 N–H and O–H groups in total. The first-order valence-electron chi connectivity index (χ1n) is 5.91. The molecule has 1 saturated carbocycles. The third kappa shape index (κ3) is 1.92. The van der Waals surface area contributed by atoms with Crippen LogP contribution in [-0.4, -0.2) is 25.7 Å². The Hall–Kier alpha value is -1.36. The molecule has 0 aromatic heterocycles. The van der Waals surface area contributed by atoms with Crippen LogP contribution in [0, 0.1) is 0 Å². The van der Waals surface area contributed by atoms with Gasteiger partial charge in [-0.2, -0.15) is 0 Å². The highest BCUT2D eigenvalue weighted by Crippen LogP contribution is 2.46. The minimum atomic E-state index is -3.34. The number of benzene rings is 1. The van der Waals surface area contributed by atoms with Gasteiger partial charge in [0.1, 0.15) is 0 Å². The van der Waals surface area contributed by atoms with Crippen LogP contribution in [0.2, 0.25) is 0 Å². The lowest BCUT2D eigenvalue weighted by Gasteiger charge is -2.28. The van der Waals surface area contributed by atoms with Crippen LogP contribution in [0.3, 0.4) is 0 Å². The van der Waals surface area contributed by atoms with Gasteiger partial charge in [0.05, 0.1) is 10.3 Å². The maximum Gasteiger partial charge on any atom is 0.336 e. The summed E-state index contributed by atoms with van der Waals surface area (Å²) in [5, 5.41) is 9.21. The maximum atomic E-state index is 12.1. The normalized spacial score (nSPS) is 18.7. The van der Waals surface area contributed by atoms with E-state index in [0.29, 0.717) is 18.4 Å². The Kier molecular flexibility index (Phi) is 3.19. The van der Waals surface area contributed by atoms with Crippen LogP contribution in [0.15, 0.2) is 24.3 Å². The van der Waals surface area contributed by atoms with Crippen LogP contribution < -0.4 is 0 Å². The SMILES string of the molecule is CS(=O)(=O)C1(c2ccccc2C(=O)O)CCCC1. The Morgan fingerprint density at radius 3 is 2.28 bits per heavy atom. The van der Waals surface area contributed by atoms with E-state index in [1.807, 2.05) is 0 Å². The molecule has 18 heavy (non-hydrogen) atoms. The van der Waals surface area contributed by atoms with Crippen molar-refractivity contribution in [2.24, 2.45) is 0 Å². The van der Waals surface area contributed by atoms with Crippen molar-refractivity contribution in [3.63, 3.8) is 0 Å². The van der Waals surface area contributed by atoms with Crippen molar-refractivity contribution in [3.8, 4) is 0 Å². The van der Waals surface area contributed by atoms with Crippen LogP contribution in [-0.2, 0) is 14.6 Å². The standard InChI is InChI=1S/C13H16O4S/c1-18(16,17)13(8-4-5-9-13)11-7-3-2-6-10(11)12(14)15/h2-3,6-7H,4-5,8-9H2,1H3,(H,14,15). The molecule has 0 atom stereocenters. The zero-order valence-electron chi connectivity index (χ0n) is 10.2. The molecule has 5 heteroatoms. The molecule has 0 saturated heterocycles. The Morgan fingerprint density at radius 1 is 1.22 bits per heavy atom. The van der Waals surface area contributed by atoms with E-state index in [0.717, 1.165) is 12.8 Å². The van der Waals surface area contributed by atoms with E-state index in [9.17, 15) is 18.3 Å². The average molecular weight is 268 g/mol. The number of rotatable bonds is 3. The van der Waals surface area contributed by atoms with Crippen molar-refractivity contribution >= 4 is 15.8 Å². The van der Waals surface area contributed by atoms with Gasteiger partial charge in [0.2, 0.25) is 0 Å². The van der Waals surface area contributed by atoms with E-state index in [1.54, 1.807) is 18.2 Å². The van der Waals surface area contributed by atoms with Gasteiger partial charge in [0, 0.05) is 6.26 Å². The molecule has 0 unspecified atom stereocenters. The van der Waals surface area contributed by atoms with Crippen LogP contribution in [0.4, 0.5) is 0 Å². The second kappa shape index (κ2) is 4.39. The number of carboxylic acids is 1. The molecule has 1 aliphatic rings. The summed E-state index contributed by atoms with van der Waals surface area (Å²) >= 11 is 0. The maximum absolute atomic E-state index is 12.1. The van der Waals surface area contributed by atoms with Crippen molar-refractivity contribution < 1.29 is 18.3 Å². The lowest BCUT2D eigenvalue weighted by Crippen LogP contribution is -2.33. The van der Waals surface area contributed by atoms with E-state index in [-0.39, 0.29) is 5.56 Å². The Bertz CT molecular complexity index is 568. The zero-order chi connectivity index (χ0) is 13.4. The third-order valence-corrected chi connectivity index (χ3v) is 5.82. The number of aromatic carboxylic acids is 1. The lowest BCUT2D eigenvalue weighted by molar-refractivity contribution is 0.0695. The predicted molar refractivity (Wildman–Crippen MR) is 68.4 cm³/mol. The summed E-state index contributed by atoms with van der Waals surface area (Å²) in [6.07, 6.45) is 3.87. The lowest BCUT2D eigenvalue weighted by atomic mass is 9.92. The summed E-state index contributed by atoms with van der Waals surface area (Å²) in [7, 11) is -3.34. The van der Waals surface area contributed by atoms with Gasteiger partial charge in [-0.1, -0.05) is 31.0 Å².